The van der Waals surface area contributed by atoms with Gasteiger partial charge in [-0.1, -0.05) is 43.7 Å². The second-order valence-electron chi connectivity index (χ2n) is 7.30. The number of nitrogens with zero attached hydrogens (tertiary/aromatic N) is 3. The van der Waals surface area contributed by atoms with E-state index in [0.29, 0.717) is 0 Å². The van der Waals surface area contributed by atoms with E-state index in [1.807, 2.05) is 18.2 Å². The van der Waals surface area contributed by atoms with Gasteiger partial charge < -0.3 is 0 Å². The van der Waals surface area contributed by atoms with Gasteiger partial charge >= 0.3 is 0 Å². The predicted octanol–water partition coefficient (Wildman–Crippen LogP) is 4.90. The summed E-state index contributed by atoms with van der Waals surface area (Å²) >= 11 is 0. The molecule has 0 unspecified atom stereocenters. The maximum absolute atomic E-state index is 13.4. The molecule has 0 radical (unpaired) electrons. The molecule has 2 aromatic carbocycles. The fourth-order valence-corrected chi connectivity index (χ4v) is 3.85. The summed E-state index contributed by atoms with van der Waals surface area (Å²) in [6, 6.07) is 17.2. The van der Waals surface area contributed by atoms with Gasteiger partial charge in [-0.25, -0.2) is 4.39 Å². The Morgan fingerprint density at radius 2 is 1.81 bits per heavy atom. The third-order valence-electron chi connectivity index (χ3n) is 5.33. The van der Waals surface area contributed by atoms with Gasteiger partial charge in [0.05, 0.1) is 12.2 Å². The van der Waals surface area contributed by atoms with Crippen LogP contribution in [0.3, 0.4) is 0 Å². The van der Waals surface area contributed by atoms with Crippen LogP contribution in [0.4, 0.5) is 4.39 Å². The summed E-state index contributed by atoms with van der Waals surface area (Å²) in [5, 5.41) is 4.97. The van der Waals surface area contributed by atoms with E-state index in [0.717, 1.165) is 43.9 Å². The van der Waals surface area contributed by atoms with Gasteiger partial charge in [-0.05, 0) is 42.8 Å². The largest absolute Gasteiger partial charge is 0.299 e. The molecular formula is C23H26FN3. The standard InChI is InChI=1S/C23H26FN3/c1-2-3-14-26-15-13-22-21(17-26)23(19-9-11-20(24)12-10-19)25-27(22)16-18-7-5-4-6-8-18/h4-12H,2-3,13-17H2,1H3. The van der Waals surface area contributed by atoms with Gasteiger partial charge in [0.15, 0.2) is 0 Å². The molecule has 1 aromatic heterocycles. The number of hydrogen-bond donors (Lipinski definition) is 0. The molecule has 0 saturated carbocycles. The van der Waals surface area contributed by atoms with E-state index < -0.39 is 0 Å². The Balaban J connectivity index is 1.70. The third-order valence-corrected chi connectivity index (χ3v) is 5.33. The van der Waals surface area contributed by atoms with E-state index in [-0.39, 0.29) is 5.82 Å². The molecule has 3 aromatic rings. The molecule has 1 aliphatic heterocycles. The van der Waals surface area contributed by atoms with Crippen LogP contribution in [-0.2, 0) is 19.5 Å². The Morgan fingerprint density at radius 1 is 1.04 bits per heavy atom. The monoisotopic (exact) mass is 363 g/mol. The lowest BCUT2D eigenvalue weighted by atomic mass is 10.0. The summed E-state index contributed by atoms with van der Waals surface area (Å²) in [4.78, 5) is 2.52. The Hall–Kier alpha value is -2.46. The molecule has 2 heterocycles. The number of unbranched alkanes of at least 4 members (excludes halogenated alkanes) is 1. The van der Waals surface area contributed by atoms with Crippen molar-refractivity contribution in [3.8, 4) is 11.3 Å². The van der Waals surface area contributed by atoms with E-state index >= 15 is 0 Å². The van der Waals surface area contributed by atoms with Crippen LogP contribution in [0.25, 0.3) is 11.3 Å². The van der Waals surface area contributed by atoms with Crippen molar-refractivity contribution in [1.29, 1.82) is 0 Å². The topological polar surface area (TPSA) is 21.1 Å². The van der Waals surface area contributed by atoms with Gasteiger partial charge in [0.2, 0.25) is 0 Å². The zero-order valence-corrected chi connectivity index (χ0v) is 15.9. The van der Waals surface area contributed by atoms with Gasteiger partial charge in [-0.2, -0.15) is 5.10 Å². The minimum atomic E-state index is -0.207. The van der Waals surface area contributed by atoms with E-state index in [1.165, 1.54) is 41.8 Å². The molecule has 140 valence electrons. The number of rotatable bonds is 6. The van der Waals surface area contributed by atoms with Crippen molar-refractivity contribution in [1.82, 2.24) is 14.7 Å². The zero-order valence-electron chi connectivity index (χ0n) is 15.9. The molecule has 3 nitrogen and oxygen atoms in total. The third kappa shape index (κ3) is 3.96. The molecular weight excluding hydrogens is 337 g/mol. The highest BCUT2D eigenvalue weighted by molar-refractivity contribution is 5.64. The van der Waals surface area contributed by atoms with Crippen LogP contribution in [0.2, 0.25) is 0 Å². The van der Waals surface area contributed by atoms with Gasteiger partial charge in [-0.3, -0.25) is 9.58 Å². The van der Waals surface area contributed by atoms with Crippen LogP contribution in [0.1, 0.15) is 36.6 Å². The highest BCUT2D eigenvalue weighted by Crippen LogP contribution is 2.31. The maximum Gasteiger partial charge on any atom is 0.123 e. The average molecular weight is 363 g/mol. The van der Waals surface area contributed by atoms with E-state index in [1.54, 1.807) is 0 Å². The lowest BCUT2D eigenvalue weighted by Crippen LogP contribution is -2.32. The molecule has 0 bridgehead atoms. The molecule has 1 aliphatic rings. The van der Waals surface area contributed by atoms with Crippen LogP contribution in [0.5, 0.6) is 0 Å². The van der Waals surface area contributed by atoms with Crippen LogP contribution in [-0.4, -0.2) is 27.8 Å². The second-order valence-corrected chi connectivity index (χ2v) is 7.30. The normalized spacial score (nSPS) is 14.3. The minimum absolute atomic E-state index is 0.207. The highest BCUT2D eigenvalue weighted by Gasteiger charge is 2.25. The summed E-state index contributed by atoms with van der Waals surface area (Å²) in [6.45, 7) is 6.15. The first kappa shape index (κ1) is 17.9. The lowest BCUT2D eigenvalue weighted by molar-refractivity contribution is 0.247. The zero-order chi connectivity index (χ0) is 18.6. The first-order valence-corrected chi connectivity index (χ1v) is 9.85. The van der Waals surface area contributed by atoms with Crippen molar-refractivity contribution < 1.29 is 4.39 Å². The van der Waals surface area contributed by atoms with Crippen LogP contribution in [0, 0.1) is 5.82 Å². The van der Waals surface area contributed by atoms with E-state index in [4.69, 9.17) is 5.10 Å². The van der Waals surface area contributed by atoms with Gasteiger partial charge in [0, 0.05) is 36.3 Å². The highest BCUT2D eigenvalue weighted by atomic mass is 19.1. The van der Waals surface area contributed by atoms with E-state index in [2.05, 4.69) is 40.8 Å². The van der Waals surface area contributed by atoms with Gasteiger partial charge in [0.1, 0.15) is 5.82 Å². The van der Waals surface area contributed by atoms with Crippen molar-refractivity contribution in [2.75, 3.05) is 13.1 Å². The molecule has 4 rings (SSSR count). The van der Waals surface area contributed by atoms with Crippen molar-refractivity contribution in [2.45, 2.75) is 39.3 Å². The number of hydrogen-bond acceptors (Lipinski definition) is 2. The van der Waals surface area contributed by atoms with E-state index in [9.17, 15) is 4.39 Å². The van der Waals surface area contributed by atoms with Crippen molar-refractivity contribution in [3.63, 3.8) is 0 Å². The fourth-order valence-electron chi connectivity index (χ4n) is 3.85. The first-order valence-electron chi connectivity index (χ1n) is 9.85. The summed E-state index contributed by atoms with van der Waals surface area (Å²) in [6.07, 6.45) is 3.45. The lowest BCUT2D eigenvalue weighted by Gasteiger charge is -2.27. The van der Waals surface area contributed by atoms with Crippen LogP contribution < -0.4 is 0 Å². The molecule has 0 amide bonds. The maximum atomic E-state index is 13.4. The molecule has 0 aliphatic carbocycles. The Bertz CT molecular complexity index is 884. The summed E-state index contributed by atoms with van der Waals surface area (Å²) in [5.41, 5.74) is 5.88. The molecule has 27 heavy (non-hydrogen) atoms. The number of halogens is 1. The first-order chi connectivity index (χ1) is 13.2. The summed E-state index contributed by atoms with van der Waals surface area (Å²) in [5.74, 6) is -0.207. The van der Waals surface area contributed by atoms with Crippen molar-refractivity contribution in [2.24, 2.45) is 0 Å². The molecule has 0 N–H and O–H groups in total. The van der Waals surface area contributed by atoms with Crippen LogP contribution >= 0.6 is 0 Å². The second kappa shape index (κ2) is 8.05. The Kier molecular flexibility index (Phi) is 5.35. The Morgan fingerprint density at radius 3 is 2.56 bits per heavy atom. The van der Waals surface area contributed by atoms with Crippen molar-refractivity contribution in [3.05, 3.63) is 77.2 Å². The average Bonchev–Trinajstić information content (AvgIpc) is 3.05. The molecule has 4 heteroatoms. The number of fused-ring (bicyclic) bond motifs is 1. The molecule has 0 atom stereocenters. The molecule has 0 spiro atoms. The molecule has 0 fully saturated rings. The summed E-state index contributed by atoms with van der Waals surface area (Å²) < 4.78 is 15.6. The minimum Gasteiger partial charge on any atom is -0.299 e. The van der Waals surface area contributed by atoms with Gasteiger partial charge in [0.25, 0.3) is 0 Å². The number of benzene rings is 2. The van der Waals surface area contributed by atoms with Crippen molar-refractivity contribution >= 4 is 0 Å². The quantitative estimate of drug-likeness (QED) is 0.621. The fraction of sp³-hybridized carbons (Fsp3) is 0.348. The smallest absolute Gasteiger partial charge is 0.123 e. The summed E-state index contributed by atoms with van der Waals surface area (Å²) in [7, 11) is 0. The van der Waals surface area contributed by atoms with Gasteiger partial charge in [-0.15, -0.1) is 0 Å². The Labute approximate surface area is 160 Å². The predicted molar refractivity (Wildman–Crippen MR) is 107 cm³/mol. The number of aromatic nitrogens is 2. The van der Waals surface area contributed by atoms with Crippen LogP contribution in [0.15, 0.2) is 54.6 Å². The molecule has 0 saturated heterocycles. The SMILES string of the molecule is CCCCN1CCc2c(c(-c3ccc(F)cc3)nn2Cc2ccccc2)C1.